The maximum absolute atomic E-state index is 9.82. The highest BCUT2D eigenvalue weighted by Crippen LogP contribution is 2.21. The van der Waals surface area contributed by atoms with Gasteiger partial charge in [0.2, 0.25) is 0 Å². The number of ether oxygens (including phenoxy) is 1. The lowest BCUT2D eigenvalue weighted by molar-refractivity contribution is 0.169. The fourth-order valence-electron chi connectivity index (χ4n) is 1.68. The van der Waals surface area contributed by atoms with Crippen molar-refractivity contribution in [2.45, 2.75) is 38.7 Å². The largest absolute Gasteiger partial charge is 0.494 e. The zero-order valence-electron chi connectivity index (χ0n) is 10.6. The minimum Gasteiger partial charge on any atom is -0.494 e. The lowest BCUT2D eigenvalue weighted by Crippen LogP contribution is -2.07. The number of hydrogen-bond acceptors (Lipinski definition) is 3. The first-order valence-electron chi connectivity index (χ1n) is 6.38. The summed E-state index contributed by atoms with van der Waals surface area (Å²) in [6.07, 6.45) is 3.55. The summed E-state index contributed by atoms with van der Waals surface area (Å²) >= 11 is 0. The Hall–Kier alpha value is -1.06. The van der Waals surface area contributed by atoms with E-state index in [9.17, 15) is 5.11 Å². The molecule has 0 spiro atoms. The van der Waals surface area contributed by atoms with Gasteiger partial charge in [-0.2, -0.15) is 0 Å². The quantitative estimate of drug-likeness (QED) is 0.683. The molecule has 0 saturated heterocycles. The lowest BCUT2D eigenvalue weighted by Gasteiger charge is -2.12. The Balaban J connectivity index is 2.47. The minimum absolute atomic E-state index is 0.487. The van der Waals surface area contributed by atoms with E-state index in [4.69, 9.17) is 10.5 Å². The van der Waals surface area contributed by atoms with Crippen LogP contribution in [0.5, 0.6) is 5.75 Å². The monoisotopic (exact) mass is 237 g/mol. The van der Waals surface area contributed by atoms with Crippen molar-refractivity contribution in [2.24, 2.45) is 5.73 Å². The van der Waals surface area contributed by atoms with Crippen molar-refractivity contribution in [1.82, 2.24) is 0 Å². The molecule has 0 aromatic heterocycles. The molecule has 1 rings (SSSR count). The Kier molecular flexibility index (Phi) is 6.67. The summed E-state index contributed by atoms with van der Waals surface area (Å²) in [6.45, 7) is 3.40. The van der Waals surface area contributed by atoms with Crippen molar-refractivity contribution in [2.75, 3.05) is 13.2 Å². The van der Waals surface area contributed by atoms with Crippen LogP contribution in [0.1, 0.15) is 44.3 Å². The second kappa shape index (κ2) is 8.09. The van der Waals surface area contributed by atoms with Crippen molar-refractivity contribution in [3.63, 3.8) is 0 Å². The Labute approximate surface area is 104 Å². The number of nitrogens with two attached hydrogens (primary N) is 1. The van der Waals surface area contributed by atoms with Gasteiger partial charge >= 0.3 is 0 Å². The zero-order valence-corrected chi connectivity index (χ0v) is 10.6. The van der Waals surface area contributed by atoms with E-state index in [0.717, 1.165) is 24.3 Å². The molecule has 0 fully saturated rings. The van der Waals surface area contributed by atoms with Gasteiger partial charge in [0, 0.05) is 0 Å². The second-order valence-corrected chi connectivity index (χ2v) is 4.22. The molecule has 0 aliphatic heterocycles. The van der Waals surface area contributed by atoms with Gasteiger partial charge in [-0.15, -0.1) is 0 Å². The van der Waals surface area contributed by atoms with Crippen LogP contribution in [0.4, 0.5) is 0 Å². The van der Waals surface area contributed by atoms with Crippen molar-refractivity contribution < 1.29 is 9.84 Å². The van der Waals surface area contributed by atoms with Crippen LogP contribution in [0.15, 0.2) is 24.3 Å². The summed E-state index contributed by atoms with van der Waals surface area (Å²) in [5.74, 6) is 0.828. The summed E-state index contributed by atoms with van der Waals surface area (Å²) in [5, 5.41) is 9.82. The third-order valence-electron chi connectivity index (χ3n) is 2.70. The summed E-state index contributed by atoms with van der Waals surface area (Å²) in [5.41, 5.74) is 6.31. The fraction of sp³-hybridized carbons (Fsp3) is 0.571. The van der Waals surface area contributed by atoms with Gasteiger partial charge in [-0.1, -0.05) is 31.9 Å². The van der Waals surface area contributed by atoms with Gasteiger partial charge in [-0.05, 0) is 37.1 Å². The molecular formula is C14H23NO2. The third-order valence-corrected chi connectivity index (χ3v) is 2.70. The molecule has 0 radical (unpaired) electrons. The van der Waals surface area contributed by atoms with Gasteiger partial charge in [0.15, 0.2) is 0 Å². The third kappa shape index (κ3) is 5.20. The Morgan fingerprint density at radius 3 is 2.88 bits per heavy atom. The number of benzene rings is 1. The molecule has 17 heavy (non-hydrogen) atoms. The standard InChI is InChI=1S/C14H23NO2/c1-2-3-4-10-17-13-7-5-6-12(11-13)14(16)8-9-15/h5-7,11,14,16H,2-4,8-10,15H2,1H3. The molecule has 3 N–H and O–H groups in total. The number of hydrogen-bond donors (Lipinski definition) is 2. The molecule has 0 heterocycles. The summed E-state index contributed by atoms with van der Waals surface area (Å²) < 4.78 is 5.63. The SMILES string of the molecule is CCCCCOc1cccc(C(O)CCN)c1. The number of rotatable bonds is 8. The molecule has 3 heteroatoms. The van der Waals surface area contributed by atoms with E-state index in [-0.39, 0.29) is 0 Å². The Bertz CT molecular complexity index is 315. The second-order valence-electron chi connectivity index (χ2n) is 4.22. The number of aliphatic hydroxyl groups is 1. The first kappa shape index (κ1) is 14.0. The van der Waals surface area contributed by atoms with Crippen LogP contribution in [-0.4, -0.2) is 18.3 Å². The van der Waals surface area contributed by atoms with Gasteiger partial charge in [0.1, 0.15) is 5.75 Å². The first-order valence-corrected chi connectivity index (χ1v) is 6.38. The smallest absolute Gasteiger partial charge is 0.119 e. The first-order chi connectivity index (χ1) is 8.27. The van der Waals surface area contributed by atoms with Gasteiger partial charge in [-0.25, -0.2) is 0 Å². The van der Waals surface area contributed by atoms with E-state index >= 15 is 0 Å². The Morgan fingerprint density at radius 2 is 2.18 bits per heavy atom. The van der Waals surface area contributed by atoms with Crippen LogP contribution in [0.3, 0.4) is 0 Å². The maximum Gasteiger partial charge on any atom is 0.119 e. The van der Waals surface area contributed by atoms with Crippen molar-refractivity contribution in [3.05, 3.63) is 29.8 Å². The van der Waals surface area contributed by atoms with Crippen molar-refractivity contribution in [3.8, 4) is 5.75 Å². The molecule has 0 aliphatic rings. The molecule has 0 saturated carbocycles. The maximum atomic E-state index is 9.82. The van der Waals surface area contributed by atoms with Crippen LogP contribution < -0.4 is 10.5 Å². The van der Waals surface area contributed by atoms with Crippen LogP contribution in [0.25, 0.3) is 0 Å². The van der Waals surface area contributed by atoms with Gasteiger partial charge in [0.05, 0.1) is 12.7 Å². The van der Waals surface area contributed by atoms with Gasteiger partial charge in [0.25, 0.3) is 0 Å². The fourth-order valence-corrected chi connectivity index (χ4v) is 1.68. The molecule has 96 valence electrons. The van der Waals surface area contributed by atoms with Crippen molar-refractivity contribution >= 4 is 0 Å². The summed E-state index contributed by atoms with van der Waals surface area (Å²) in [7, 11) is 0. The highest BCUT2D eigenvalue weighted by atomic mass is 16.5. The Morgan fingerprint density at radius 1 is 1.35 bits per heavy atom. The van der Waals surface area contributed by atoms with Crippen LogP contribution in [-0.2, 0) is 0 Å². The van der Waals surface area contributed by atoms with Crippen LogP contribution >= 0.6 is 0 Å². The van der Waals surface area contributed by atoms with Gasteiger partial charge in [-0.3, -0.25) is 0 Å². The average Bonchev–Trinajstić information content (AvgIpc) is 2.35. The topological polar surface area (TPSA) is 55.5 Å². The van der Waals surface area contributed by atoms with E-state index in [1.807, 2.05) is 24.3 Å². The summed E-state index contributed by atoms with van der Waals surface area (Å²) in [6, 6.07) is 7.63. The van der Waals surface area contributed by atoms with E-state index < -0.39 is 6.10 Å². The predicted octanol–water partition coefficient (Wildman–Crippen LogP) is 2.64. The van der Waals surface area contributed by atoms with Crippen LogP contribution in [0, 0.1) is 0 Å². The molecule has 0 amide bonds. The molecule has 0 bridgehead atoms. The summed E-state index contributed by atoms with van der Waals surface area (Å²) in [4.78, 5) is 0. The molecular weight excluding hydrogens is 214 g/mol. The molecule has 0 aliphatic carbocycles. The highest BCUT2D eigenvalue weighted by molar-refractivity contribution is 5.29. The van der Waals surface area contributed by atoms with Gasteiger partial charge < -0.3 is 15.6 Å². The lowest BCUT2D eigenvalue weighted by atomic mass is 10.1. The van der Waals surface area contributed by atoms with Crippen LogP contribution in [0.2, 0.25) is 0 Å². The number of aliphatic hydroxyl groups excluding tert-OH is 1. The molecule has 3 nitrogen and oxygen atoms in total. The normalized spacial score (nSPS) is 12.4. The number of unbranched alkanes of at least 4 members (excludes halogenated alkanes) is 2. The molecule has 1 atom stereocenters. The van der Waals surface area contributed by atoms with E-state index in [2.05, 4.69) is 6.92 Å². The average molecular weight is 237 g/mol. The predicted molar refractivity (Wildman–Crippen MR) is 70.1 cm³/mol. The molecule has 1 aromatic rings. The van der Waals surface area contributed by atoms with E-state index in [1.54, 1.807) is 0 Å². The minimum atomic E-state index is -0.487. The molecule has 1 aromatic carbocycles. The highest BCUT2D eigenvalue weighted by Gasteiger charge is 2.07. The zero-order chi connectivity index (χ0) is 12.5. The van der Waals surface area contributed by atoms with Crippen molar-refractivity contribution in [1.29, 1.82) is 0 Å². The van der Waals surface area contributed by atoms with E-state index in [0.29, 0.717) is 13.0 Å². The van der Waals surface area contributed by atoms with E-state index in [1.165, 1.54) is 12.8 Å². The molecule has 1 unspecified atom stereocenters.